The van der Waals surface area contributed by atoms with Gasteiger partial charge < -0.3 is 10.6 Å². The van der Waals surface area contributed by atoms with E-state index in [4.69, 9.17) is 5.73 Å². The fourth-order valence-electron chi connectivity index (χ4n) is 1.37. The second-order valence-corrected chi connectivity index (χ2v) is 3.30. The Morgan fingerprint density at radius 1 is 1.19 bits per heavy atom. The lowest BCUT2D eigenvalue weighted by atomic mass is 10.3. The summed E-state index contributed by atoms with van der Waals surface area (Å²) >= 11 is 0. The molecule has 82 valence electrons. The van der Waals surface area contributed by atoms with Crippen LogP contribution in [-0.4, -0.2) is 22.0 Å². The van der Waals surface area contributed by atoms with Crippen LogP contribution < -0.4 is 10.6 Å². The number of hydrogen-bond acceptors (Lipinski definition) is 5. The van der Waals surface area contributed by atoms with Gasteiger partial charge in [0.2, 0.25) is 0 Å². The Balaban J connectivity index is 2.30. The number of nitrogens with two attached hydrogens (primary N) is 1. The molecule has 5 nitrogen and oxygen atoms in total. The summed E-state index contributed by atoms with van der Waals surface area (Å²) in [6.45, 7) is 0.345. The molecule has 0 aliphatic carbocycles. The molecule has 0 amide bonds. The Kier molecular flexibility index (Phi) is 3.07. The molecule has 5 heteroatoms. The lowest BCUT2D eigenvalue weighted by Gasteiger charge is -2.17. The third kappa shape index (κ3) is 2.14. The van der Waals surface area contributed by atoms with Crippen LogP contribution in [0.4, 0.5) is 11.5 Å². The number of pyridine rings is 1. The topological polar surface area (TPSA) is 67.9 Å². The molecule has 2 rings (SSSR count). The van der Waals surface area contributed by atoms with Crippen molar-refractivity contribution in [3.05, 3.63) is 42.6 Å². The van der Waals surface area contributed by atoms with Crippen LogP contribution in [0.15, 0.2) is 36.8 Å². The van der Waals surface area contributed by atoms with E-state index in [0.29, 0.717) is 12.4 Å². The fourth-order valence-corrected chi connectivity index (χ4v) is 1.37. The average molecular weight is 215 g/mol. The van der Waals surface area contributed by atoms with Gasteiger partial charge in [0.25, 0.3) is 0 Å². The van der Waals surface area contributed by atoms with Crippen molar-refractivity contribution in [3.63, 3.8) is 0 Å². The van der Waals surface area contributed by atoms with Crippen LogP contribution in [0.1, 0.15) is 5.82 Å². The van der Waals surface area contributed by atoms with Crippen molar-refractivity contribution in [2.45, 2.75) is 6.54 Å². The minimum Gasteiger partial charge on any atom is -0.329 e. The molecular weight excluding hydrogens is 202 g/mol. The van der Waals surface area contributed by atoms with Gasteiger partial charge in [-0.2, -0.15) is 0 Å². The van der Waals surface area contributed by atoms with E-state index >= 15 is 0 Å². The Labute approximate surface area is 94.0 Å². The van der Waals surface area contributed by atoms with Crippen molar-refractivity contribution >= 4 is 11.5 Å². The zero-order valence-electron chi connectivity index (χ0n) is 9.04. The molecule has 2 aromatic heterocycles. The summed E-state index contributed by atoms with van der Waals surface area (Å²) in [5.74, 6) is 1.46. The van der Waals surface area contributed by atoms with Crippen molar-refractivity contribution in [1.29, 1.82) is 0 Å². The van der Waals surface area contributed by atoms with Crippen LogP contribution >= 0.6 is 0 Å². The molecule has 0 fully saturated rings. The SMILES string of the molecule is CN(c1ccncc1)c1ccnc(CN)n1. The van der Waals surface area contributed by atoms with Gasteiger partial charge in [0.15, 0.2) is 0 Å². The van der Waals surface area contributed by atoms with E-state index < -0.39 is 0 Å². The molecule has 2 aromatic rings. The standard InChI is InChI=1S/C11H13N5/c1-16(9-2-5-13-6-3-9)11-4-7-14-10(8-12)15-11/h2-7H,8,12H2,1H3. The van der Waals surface area contributed by atoms with Crippen LogP contribution in [0, 0.1) is 0 Å². The first-order valence-electron chi connectivity index (χ1n) is 4.97. The molecule has 2 N–H and O–H groups in total. The largest absolute Gasteiger partial charge is 0.329 e. The molecule has 0 saturated carbocycles. The molecule has 0 radical (unpaired) electrons. The van der Waals surface area contributed by atoms with Gasteiger partial charge in [-0.05, 0) is 18.2 Å². The van der Waals surface area contributed by atoms with E-state index in [1.807, 2.05) is 30.1 Å². The molecule has 16 heavy (non-hydrogen) atoms. The van der Waals surface area contributed by atoms with Gasteiger partial charge in [0.05, 0.1) is 6.54 Å². The molecule has 0 spiro atoms. The van der Waals surface area contributed by atoms with E-state index in [-0.39, 0.29) is 0 Å². The Bertz CT molecular complexity index is 457. The van der Waals surface area contributed by atoms with Crippen molar-refractivity contribution in [1.82, 2.24) is 15.0 Å². The van der Waals surface area contributed by atoms with Gasteiger partial charge in [-0.15, -0.1) is 0 Å². The molecule has 0 aliphatic heterocycles. The minimum absolute atomic E-state index is 0.345. The van der Waals surface area contributed by atoms with Crippen molar-refractivity contribution in [3.8, 4) is 0 Å². The molecule has 0 aliphatic rings. The van der Waals surface area contributed by atoms with Gasteiger partial charge in [-0.3, -0.25) is 4.98 Å². The Morgan fingerprint density at radius 2 is 1.94 bits per heavy atom. The van der Waals surface area contributed by atoms with E-state index in [1.54, 1.807) is 18.6 Å². The number of nitrogens with zero attached hydrogens (tertiary/aromatic N) is 4. The summed E-state index contributed by atoms with van der Waals surface area (Å²) < 4.78 is 0. The van der Waals surface area contributed by atoms with Crippen LogP contribution in [0.2, 0.25) is 0 Å². The summed E-state index contributed by atoms with van der Waals surface area (Å²) in [7, 11) is 1.94. The van der Waals surface area contributed by atoms with Gasteiger partial charge >= 0.3 is 0 Å². The first-order valence-corrected chi connectivity index (χ1v) is 4.97. The monoisotopic (exact) mass is 215 g/mol. The Hall–Kier alpha value is -2.01. The van der Waals surface area contributed by atoms with Crippen molar-refractivity contribution in [2.24, 2.45) is 5.73 Å². The van der Waals surface area contributed by atoms with Gasteiger partial charge in [-0.1, -0.05) is 0 Å². The highest BCUT2D eigenvalue weighted by Crippen LogP contribution is 2.19. The third-order valence-corrected chi connectivity index (χ3v) is 2.27. The molecule has 2 heterocycles. The van der Waals surface area contributed by atoms with Crippen LogP contribution in [0.3, 0.4) is 0 Å². The fraction of sp³-hybridized carbons (Fsp3) is 0.182. The van der Waals surface area contributed by atoms with E-state index in [2.05, 4.69) is 15.0 Å². The molecular formula is C11H13N5. The summed E-state index contributed by atoms with van der Waals surface area (Å²) in [5, 5.41) is 0. The highest BCUT2D eigenvalue weighted by Gasteiger charge is 2.05. The highest BCUT2D eigenvalue weighted by molar-refractivity contribution is 5.57. The normalized spacial score (nSPS) is 10.1. The number of anilines is 2. The summed E-state index contributed by atoms with van der Waals surface area (Å²) in [6.07, 6.45) is 5.20. The number of rotatable bonds is 3. The maximum Gasteiger partial charge on any atom is 0.144 e. The van der Waals surface area contributed by atoms with Crippen LogP contribution in [0.5, 0.6) is 0 Å². The molecule has 0 unspecified atom stereocenters. The van der Waals surface area contributed by atoms with Crippen LogP contribution in [0.25, 0.3) is 0 Å². The molecule has 0 bridgehead atoms. The van der Waals surface area contributed by atoms with Crippen molar-refractivity contribution < 1.29 is 0 Å². The van der Waals surface area contributed by atoms with E-state index in [9.17, 15) is 0 Å². The smallest absolute Gasteiger partial charge is 0.144 e. The first-order chi connectivity index (χ1) is 7.81. The second-order valence-electron chi connectivity index (χ2n) is 3.30. The maximum absolute atomic E-state index is 5.50. The average Bonchev–Trinajstić information content (AvgIpc) is 2.39. The quantitative estimate of drug-likeness (QED) is 0.830. The molecule has 0 saturated heterocycles. The maximum atomic E-state index is 5.50. The lowest BCUT2D eigenvalue weighted by molar-refractivity contribution is 0.899. The number of hydrogen-bond donors (Lipinski definition) is 1. The third-order valence-electron chi connectivity index (χ3n) is 2.27. The summed E-state index contributed by atoms with van der Waals surface area (Å²) in [5.41, 5.74) is 6.53. The first kappa shape index (κ1) is 10.5. The summed E-state index contributed by atoms with van der Waals surface area (Å²) in [6, 6.07) is 5.69. The van der Waals surface area contributed by atoms with Gasteiger partial charge in [-0.25, -0.2) is 9.97 Å². The molecule has 0 aromatic carbocycles. The molecule has 0 atom stereocenters. The second kappa shape index (κ2) is 4.67. The number of aromatic nitrogens is 3. The lowest BCUT2D eigenvalue weighted by Crippen LogP contribution is -2.13. The van der Waals surface area contributed by atoms with Crippen molar-refractivity contribution in [2.75, 3.05) is 11.9 Å². The highest BCUT2D eigenvalue weighted by atomic mass is 15.2. The predicted molar refractivity (Wildman–Crippen MR) is 62.2 cm³/mol. The predicted octanol–water partition coefficient (Wildman–Crippen LogP) is 1.10. The minimum atomic E-state index is 0.345. The summed E-state index contributed by atoms with van der Waals surface area (Å²) in [4.78, 5) is 14.3. The van der Waals surface area contributed by atoms with E-state index in [0.717, 1.165) is 11.5 Å². The Morgan fingerprint density at radius 3 is 2.62 bits per heavy atom. The van der Waals surface area contributed by atoms with Gasteiger partial charge in [0.1, 0.15) is 11.6 Å². The zero-order valence-corrected chi connectivity index (χ0v) is 9.04. The van der Waals surface area contributed by atoms with Crippen LogP contribution in [-0.2, 0) is 6.54 Å². The van der Waals surface area contributed by atoms with Gasteiger partial charge in [0, 0.05) is 31.3 Å². The zero-order chi connectivity index (χ0) is 11.4. The van der Waals surface area contributed by atoms with E-state index in [1.165, 1.54) is 0 Å².